The third kappa shape index (κ3) is 8.56. The molecule has 0 N–H and O–H groups in total. The van der Waals surface area contributed by atoms with E-state index in [0.717, 1.165) is 7.11 Å². The van der Waals surface area contributed by atoms with E-state index in [1.165, 1.54) is 4.57 Å². The van der Waals surface area contributed by atoms with Crippen LogP contribution >= 0.6 is 0 Å². The van der Waals surface area contributed by atoms with Gasteiger partial charge >= 0.3 is 23.9 Å². The Labute approximate surface area is 187 Å². The molecular formula is C21H33N3O8. The summed E-state index contributed by atoms with van der Waals surface area (Å²) in [7, 11) is 1.16. The summed E-state index contributed by atoms with van der Waals surface area (Å²) in [5, 5.41) is 3.57. The fraction of sp³-hybridized carbons (Fsp3) is 0.667. The fourth-order valence-corrected chi connectivity index (χ4v) is 2.53. The number of aryl methyl sites for hydroxylation is 1. The first kappa shape index (κ1) is 26.9. The summed E-state index contributed by atoms with van der Waals surface area (Å²) in [6, 6.07) is -1.27. The van der Waals surface area contributed by atoms with Crippen molar-refractivity contribution in [1.82, 2.24) is 14.6 Å². The molecule has 1 aromatic rings. The van der Waals surface area contributed by atoms with E-state index >= 15 is 0 Å². The molecule has 0 fully saturated rings. The van der Waals surface area contributed by atoms with E-state index in [0.29, 0.717) is 17.1 Å². The van der Waals surface area contributed by atoms with Crippen molar-refractivity contribution in [2.75, 3.05) is 7.11 Å². The maximum absolute atomic E-state index is 12.8. The smallest absolute Gasteiger partial charge is 0.441 e. The SMILES string of the molecule is COC(=O)C(CC/C=C/Cn1c(C)noc1=O)N(C(=O)OC(C)(C)C)C(=O)OC(C)(C)C. The summed E-state index contributed by atoms with van der Waals surface area (Å²) in [4.78, 5) is 50.2. The maximum Gasteiger partial charge on any atom is 0.441 e. The van der Waals surface area contributed by atoms with E-state index < -0.39 is 41.2 Å². The molecule has 1 heterocycles. The van der Waals surface area contributed by atoms with Gasteiger partial charge in [0.2, 0.25) is 0 Å². The van der Waals surface area contributed by atoms with Crippen molar-refractivity contribution < 1.29 is 33.1 Å². The van der Waals surface area contributed by atoms with Gasteiger partial charge in [-0.3, -0.25) is 9.09 Å². The third-order valence-corrected chi connectivity index (χ3v) is 3.89. The summed E-state index contributed by atoms with van der Waals surface area (Å²) in [5.41, 5.74) is -1.80. The summed E-state index contributed by atoms with van der Waals surface area (Å²) < 4.78 is 21.3. The van der Waals surface area contributed by atoms with Gasteiger partial charge in [0.1, 0.15) is 17.2 Å². The quantitative estimate of drug-likeness (QED) is 0.345. The number of allylic oxidation sites excluding steroid dienone is 2. The number of hydrogen-bond acceptors (Lipinski definition) is 9. The summed E-state index contributed by atoms with van der Waals surface area (Å²) in [6.45, 7) is 11.7. The molecule has 0 radical (unpaired) electrons. The molecule has 0 saturated heterocycles. The number of methoxy groups -OCH3 is 1. The van der Waals surface area contributed by atoms with Crippen molar-refractivity contribution in [3.05, 3.63) is 28.5 Å². The summed E-state index contributed by atoms with van der Waals surface area (Å²) in [5.74, 6) is -0.949. The van der Waals surface area contributed by atoms with Gasteiger partial charge in [-0.25, -0.2) is 19.2 Å². The number of carbonyl (C=O) groups excluding carboxylic acids is 3. The number of nitrogens with zero attached hydrogens (tertiary/aromatic N) is 3. The van der Waals surface area contributed by atoms with E-state index in [1.54, 1.807) is 60.6 Å². The van der Waals surface area contributed by atoms with Crippen molar-refractivity contribution in [3.63, 3.8) is 0 Å². The lowest BCUT2D eigenvalue weighted by molar-refractivity contribution is -0.146. The second-order valence-corrected chi connectivity index (χ2v) is 9.02. The molecule has 11 nitrogen and oxygen atoms in total. The minimum absolute atomic E-state index is 0.0547. The first-order valence-corrected chi connectivity index (χ1v) is 10.2. The number of imide groups is 1. The van der Waals surface area contributed by atoms with Gasteiger partial charge in [0, 0.05) is 6.54 Å². The molecular weight excluding hydrogens is 422 g/mol. The number of ether oxygens (including phenoxy) is 3. The average Bonchev–Trinajstić information content (AvgIpc) is 2.94. The highest BCUT2D eigenvalue weighted by atomic mass is 16.6. The van der Waals surface area contributed by atoms with Gasteiger partial charge in [-0.1, -0.05) is 17.3 Å². The van der Waals surface area contributed by atoms with Gasteiger partial charge in [-0.05, 0) is 61.3 Å². The molecule has 0 aromatic carbocycles. The van der Waals surface area contributed by atoms with Crippen molar-refractivity contribution >= 4 is 18.2 Å². The Morgan fingerprint density at radius 1 is 1.06 bits per heavy atom. The number of esters is 1. The molecule has 1 atom stereocenters. The molecule has 0 spiro atoms. The van der Waals surface area contributed by atoms with Crippen LogP contribution in [0.2, 0.25) is 0 Å². The van der Waals surface area contributed by atoms with Gasteiger partial charge in [0.15, 0.2) is 5.82 Å². The first-order chi connectivity index (χ1) is 14.7. The Morgan fingerprint density at radius 2 is 1.59 bits per heavy atom. The Bertz CT molecular complexity index is 858. The molecule has 0 bridgehead atoms. The van der Waals surface area contributed by atoms with Crippen LogP contribution in [0.15, 0.2) is 21.5 Å². The highest BCUT2D eigenvalue weighted by Gasteiger charge is 2.40. The lowest BCUT2D eigenvalue weighted by Crippen LogP contribution is -2.52. The summed E-state index contributed by atoms with van der Waals surface area (Å²) in [6.07, 6.45) is 1.71. The molecule has 1 unspecified atom stereocenters. The molecule has 2 amide bonds. The third-order valence-electron chi connectivity index (χ3n) is 3.89. The van der Waals surface area contributed by atoms with Crippen LogP contribution in [0.5, 0.6) is 0 Å². The highest BCUT2D eigenvalue weighted by molar-refractivity contribution is 5.94. The zero-order valence-electron chi connectivity index (χ0n) is 20.0. The Kier molecular flexibility index (Phi) is 9.22. The van der Waals surface area contributed by atoms with Crippen LogP contribution in [0.3, 0.4) is 0 Å². The van der Waals surface area contributed by atoms with Gasteiger partial charge in [-0.15, -0.1) is 0 Å². The van der Waals surface area contributed by atoms with Gasteiger partial charge in [0.05, 0.1) is 7.11 Å². The molecule has 1 aromatic heterocycles. The zero-order valence-corrected chi connectivity index (χ0v) is 20.0. The van der Waals surface area contributed by atoms with Gasteiger partial charge in [-0.2, -0.15) is 4.90 Å². The van der Waals surface area contributed by atoms with E-state index in [-0.39, 0.29) is 13.0 Å². The Morgan fingerprint density at radius 3 is 2.00 bits per heavy atom. The number of rotatable bonds is 7. The fourth-order valence-electron chi connectivity index (χ4n) is 2.53. The number of hydrogen-bond donors (Lipinski definition) is 0. The maximum atomic E-state index is 12.8. The average molecular weight is 456 g/mol. The minimum Gasteiger partial charge on any atom is -0.467 e. The molecule has 180 valence electrons. The largest absolute Gasteiger partial charge is 0.467 e. The number of amides is 2. The van der Waals surface area contributed by atoms with E-state index in [2.05, 4.69) is 9.68 Å². The van der Waals surface area contributed by atoms with Crippen molar-refractivity contribution in [3.8, 4) is 0 Å². The monoisotopic (exact) mass is 455 g/mol. The molecule has 0 aliphatic rings. The number of carbonyl (C=O) groups is 3. The second kappa shape index (κ2) is 11.0. The second-order valence-electron chi connectivity index (χ2n) is 9.02. The van der Waals surface area contributed by atoms with Crippen molar-refractivity contribution in [2.45, 2.75) is 85.1 Å². The molecule has 11 heteroatoms. The van der Waals surface area contributed by atoms with Crippen LogP contribution in [0.25, 0.3) is 0 Å². The van der Waals surface area contributed by atoms with Crippen LogP contribution in [-0.4, -0.2) is 57.1 Å². The topological polar surface area (TPSA) is 130 Å². The van der Waals surface area contributed by atoms with Crippen LogP contribution < -0.4 is 5.76 Å². The normalized spacial score (nSPS) is 13.0. The van der Waals surface area contributed by atoms with Crippen molar-refractivity contribution in [2.24, 2.45) is 0 Å². The summed E-state index contributed by atoms with van der Waals surface area (Å²) >= 11 is 0. The van der Waals surface area contributed by atoms with E-state index in [9.17, 15) is 19.2 Å². The van der Waals surface area contributed by atoms with E-state index in [1.807, 2.05) is 0 Å². The van der Waals surface area contributed by atoms with Gasteiger partial charge in [0.25, 0.3) is 0 Å². The van der Waals surface area contributed by atoms with Crippen LogP contribution in [0.1, 0.15) is 60.2 Å². The predicted octanol–water partition coefficient (Wildman–Crippen LogP) is 3.19. The van der Waals surface area contributed by atoms with Crippen LogP contribution in [0.4, 0.5) is 9.59 Å². The zero-order chi connectivity index (χ0) is 24.7. The van der Waals surface area contributed by atoms with Crippen LogP contribution in [0, 0.1) is 6.92 Å². The molecule has 0 saturated carbocycles. The van der Waals surface area contributed by atoms with Crippen LogP contribution in [-0.2, 0) is 25.5 Å². The molecule has 0 aliphatic heterocycles. The van der Waals surface area contributed by atoms with Crippen molar-refractivity contribution in [1.29, 1.82) is 0 Å². The highest BCUT2D eigenvalue weighted by Crippen LogP contribution is 2.20. The Hall–Kier alpha value is -3.11. The number of aromatic nitrogens is 2. The van der Waals surface area contributed by atoms with Gasteiger partial charge < -0.3 is 14.2 Å². The lowest BCUT2D eigenvalue weighted by atomic mass is 10.1. The lowest BCUT2D eigenvalue weighted by Gasteiger charge is -2.32. The molecule has 32 heavy (non-hydrogen) atoms. The first-order valence-electron chi connectivity index (χ1n) is 10.2. The molecule has 1 rings (SSSR count). The molecule has 0 aliphatic carbocycles. The predicted molar refractivity (Wildman–Crippen MR) is 114 cm³/mol. The minimum atomic E-state index is -1.27. The standard InChI is InChI=1S/C21H33N3O8/c1-14-22-32-17(26)23(14)13-11-9-10-12-15(16(25)29-8)24(18(27)30-20(2,3)4)19(28)31-21(5,6)7/h9,11,15H,10,12-13H2,1-8H3/b11-9+. The van der Waals surface area contributed by atoms with E-state index in [4.69, 9.17) is 14.2 Å². The Balaban J connectivity index is 3.05.